The minimum absolute atomic E-state index is 0.253. The number of carboxylic acids is 1. The van der Waals surface area contributed by atoms with Crippen molar-refractivity contribution < 1.29 is 9.90 Å². The molecule has 0 spiro atoms. The van der Waals surface area contributed by atoms with E-state index in [2.05, 4.69) is 5.10 Å². The van der Waals surface area contributed by atoms with Gasteiger partial charge in [-0.25, -0.2) is 4.68 Å². The van der Waals surface area contributed by atoms with Crippen LogP contribution in [0.2, 0.25) is 0 Å². The van der Waals surface area contributed by atoms with Crippen LogP contribution >= 0.6 is 0 Å². The first-order valence-corrected chi connectivity index (χ1v) is 6.14. The molecule has 2 rings (SSSR count). The van der Waals surface area contributed by atoms with E-state index in [1.54, 1.807) is 0 Å². The molecule has 1 aromatic heterocycles. The van der Waals surface area contributed by atoms with Gasteiger partial charge in [-0.3, -0.25) is 14.7 Å². The Labute approximate surface area is 110 Å². The predicted molar refractivity (Wildman–Crippen MR) is 71.8 cm³/mol. The summed E-state index contributed by atoms with van der Waals surface area (Å²) >= 11 is 0. The minimum Gasteiger partial charge on any atom is -0.481 e. The Balaban J connectivity index is 2.53. The Bertz CT molecular complexity index is 650. The topological polar surface area (TPSA) is 75.1 Å². The van der Waals surface area contributed by atoms with Crippen LogP contribution in [-0.2, 0) is 17.6 Å². The van der Waals surface area contributed by atoms with Gasteiger partial charge in [-0.15, -0.1) is 0 Å². The molecule has 0 radical (unpaired) electrons. The molecule has 0 unspecified atom stereocenters. The highest BCUT2D eigenvalue weighted by Gasteiger charge is 2.16. The Morgan fingerprint density at radius 2 is 1.95 bits per heavy atom. The number of nitrogens with zero attached hydrogens (tertiary/aromatic N) is 1. The average Bonchev–Trinajstić information content (AvgIpc) is 2.67. The Morgan fingerprint density at radius 3 is 2.47 bits per heavy atom. The molecule has 0 aliphatic heterocycles. The summed E-state index contributed by atoms with van der Waals surface area (Å²) in [4.78, 5) is 23.1. The number of H-pyrrole nitrogens is 1. The molecule has 1 heterocycles. The molecule has 0 saturated carbocycles. The molecule has 0 aliphatic rings. The summed E-state index contributed by atoms with van der Waals surface area (Å²) in [5, 5.41) is 11.8. The van der Waals surface area contributed by atoms with Crippen LogP contribution in [0.3, 0.4) is 0 Å². The molecular weight excluding hydrogens is 244 g/mol. The van der Waals surface area contributed by atoms with Crippen LogP contribution in [0.4, 0.5) is 0 Å². The van der Waals surface area contributed by atoms with E-state index in [4.69, 9.17) is 5.11 Å². The minimum atomic E-state index is -0.998. The van der Waals surface area contributed by atoms with E-state index in [0.29, 0.717) is 23.4 Å². The molecule has 19 heavy (non-hydrogen) atoms. The number of hydrogen-bond donors (Lipinski definition) is 2. The summed E-state index contributed by atoms with van der Waals surface area (Å²) < 4.78 is 1.40. The van der Waals surface area contributed by atoms with Crippen LogP contribution in [0.5, 0.6) is 0 Å². The van der Waals surface area contributed by atoms with E-state index in [9.17, 15) is 9.59 Å². The van der Waals surface area contributed by atoms with Gasteiger partial charge in [-0.1, -0.05) is 24.6 Å². The maximum Gasteiger partial charge on any atom is 0.308 e. The number of nitrogens with one attached hydrogen (secondary N) is 1. The summed E-state index contributed by atoms with van der Waals surface area (Å²) in [6.45, 7) is 3.85. The number of carboxylic acid groups (broad SMARTS) is 1. The van der Waals surface area contributed by atoms with Gasteiger partial charge in [-0.2, -0.15) is 0 Å². The van der Waals surface area contributed by atoms with E-state index in [1.807, 2.05) is 38.1 Å². The van der Waals surface area contributed by atoms with Crippen molar-refractivity contribution in [1.29, 1.82) is 0 Å². The first-order valence-electron chi connectivity index (χ1n) is 6.14. The number of aliphatic carboxylic acids is 1. The van der Waals surface area contributed by atoms with Gasteiger partial charge in [0.1, 0.15) is 0 Å². The zero-order valence-corrected chi connectivity index (χ0v) is 10.9. The molecule has 0 fully saturated rings. The highest BCUT2D eigenvalue weighted by Crippen LogP contribution is 2.10. The first kappa shape index (κ1) is 13.1. The number of aryl methyl sites for hydroxylation is 2. The fourth-order valence-corrected chi connectivity index (χ4v) is 2.02. The van der Waals surface area contributed by atoms with E-state index in [0.717, 1.165) is 5.56 Å². The van der Waals surface area contributed by atoms with Gasteiger partial charge in [0.25, 0.3) is 5.56 Å². The molecule has 0 saturated heterocycles. The smallest absolute Gasteiger partial charge is 0.308 e. The predicted octanol–water partition coefficient (Wildman–Crippen LogP) is 1.66. The second-order valence-electron chi connectivity index (χ2n) is 4.47. The van der Waals surface area contributed by atoms with Gasteiger partial charge in [0.2, 0.25) is 0 Å². The Kier molecular flexibility index (Phi) is 3.55. The molecule has 0 aliphatic carbocycles. The van der Waals surface area contributed by atoms with Crippen LogP contribution in [0.25, 0.3) is 5.69 Å². The van der Waals surface area contributed by atoms with Crippen LogP contribution in [0.1, 0.15) is 23.7 Å². The maximum atomic E-state index is 12.2. The Hall–Kier alpha value is -2.30. The fraction of sp³-hybridized carbons (Fsp3) is 0.286. The number of rotatable bonds is 4. The van der Waals surface area contributed by atoms with E-state index < -0.39 is 5.97 Å². The van der Waals surface area contributed by atoms with Gasteiger partial charge < -0.3 is 5.11 Å². The third kappa shape index (κ3) is 2.59. The standard InChI is InChI=1S/C14H16N2O3/c1-3-12-11(8-13(17)18)14(19)16(15-12)10-6-4-9(2)5-7-10/h4-7,15H,3,8H2,1-2H3,(H,17,18). The normalized spacial score (nSPS) is 10.6. The zero-order valence-electron chi connectivity index (χ0n) is 10.9. The van der Waals surface area contributed by atoms with Gasteiger partial charge >= 0.3 is 5.97 Å². The van der Waals surface area contributed by atoms with Crippen molar-refractivity contribution >= 4 is 5.97 Å². The highest BCUT2D eigenvalue weighted by atomic mass is 16.4. The molecule has 0 amide bonds. The third-order valence-corrected chi connectivity index (χ3v) is 3.05. The maximum absolute atomic E-state index is 12.2. The number of aromatic nitrogens is 2. The fourth-order valence-electron chi connectivity index (χ4n) is 2.02. The van der Waals surface area contributed by atoms with Gasteiger partial charge in [0.15, 0.2) is 0 Å². The lowest BCUT2D eigenvalue weighted by atomic mass is 10.1. The molecule has 1 aromatic carbocycles. The summed E-state index contributed by atoms with van der Waals surface area (Å²) in [7, 11) is 0. The molecule has 100 valence electrons. The van der Waals surface area contributed by atoms with Crippen molar-refractivity contribution in [3.05, 3.63) is 51.4 Å². The van der Waals surface area contributed by atoms with Gasteiger partial charge in [0, 0.05) is 5.69 Å². The summed E-state index contributed by atoms with van der Waals surface area (Å²) in [5.41, 5.74) is 2.53. The number of benzene rings is 1. The average molecular weight is 260 g/mol. The molecule has 2 aromatic rings. The second-order valence-corrected chi connectivity index (χ2v) is 4.47. The zero-order chi connectivity index (χ0) is 14.0. The van der Waals surface area contributed by atoms with Crippen molar-refractivity contribution in [3.63, 3.8) is 0 Å². The monoisotopic (exact) mass is 260 g/mol. The lowest BCUT2D eigenvalue weighted by Gasteiger charge is -2.01. The summed E-state index contributed by atoms with van der Waals surface area (Å²) in [6, 6.07) is 7.48. The molecule has 0 atom stereocenters. The van der Waals surface area contributed by atoms with Crippen molar-refractivity contribution in [2.75, 3.05) is 0 Å². The second kappa shape index (κ2) is 5.14. The number of carbonyl (C=O) groups is 1. The number of hydrogen-bond acceptors (Lipinski definition) is 2. The van der Waals surface area contributed by atoms with Crippen LogP contribution in [-0.4, -0.2) is 20.9 Å². The van der Waals surface area contributed by atoms with Gasteiger partial charge in [0.05, 0.1) is 17.7 Å². The Morgan fingerprint density at radius 1 is 1.32 bits per heavy atom. The lowest BCUT2D eigenvalue weighted by molar-refractivity contribution is -0.136. The van der Waals surface area contributed by atoms with E-state index in [1.165, 1.54) is 4.68 Å². The lowest BCUT2D eigenvalue weighted by Crippen LogP contribution is -2.19. The quantitative estimate of drug-likeness (QED) is 0.878. The largest absolute Gasteiger partial charge is 0.481 e. The third-order valence-electron chi connectivity index (χ3n) is 3.05. The van der Waals surface area contributed by atoms with Crippen molar-refractivity contribution in [2.45, 2.75) is 26.7 Å². The number of aromatic amines is 1. The van der Waals surface area contributed by atoms with Crippen molar-refractivity contribution in [1.82, 2.24) is 9.78 Å². The SMILES string of the molecule is CCc1[nH]n(-c2ccc(C)cc2)c(=O)c1CC(=O)O. The molecular formula is C14H16N2O3. The summed E-state index contributed by atoms with van der Waals surface area (Å²) in [6.07, 6.45) is 0.341. The van der Waals surface area contributed by atoms with E-state index >= 15 is 0 Å². The molecule has 5 heteroatoms. The molecule has 0 bridgehead atoms. The van der Waals surface area contributed by atoms with Gasteiger partial charge in [-0.05, 0) is 25.5 Å². The van der Waals surface area contributed by atoms with Crippen molar-refractivity contribution in [3.8, 4) is 5.69 Å². The van der Waals surface area contributed by atoms with Crippen LogP contribution in [0, 0.1) is 6.92 Å². The summed E-state index contributed by atoms with van der Waals surface area (Å²) in [5.74, 6) is -0.998. The molecule has 5 nitrogen and oxygen atoms in total. The van der Waals surface area contributed by atoms with Crippen LogP contribution < -0.4 is 5.56 Å². The van der Waals surface area contributed by atoms with Crippen LogP contribution in [0.15, 0.2) is 29.1 Å². The molecule has 2 N–H and O–H groups in total. The highest BCUT2D eigenvalue weighted by molar-refractivity contribution is 5.70. The van der Waals surface area contributed by atoms with E-state index in [-0.39, 0.29) is 12.0 Å². The first-order chi connectivity index (χ1) is 9.02. The van der Waals surface area contributed by atoms with Crippen molar-refractivity contribution in [2.24, 2.45) is 0 Å².